The van der Waals surface area contributed by atoms with Crippen molar-refractivity contribution in [2.45, 2.75) is 32.1 Å². The number of benzene rings is 9. The van der Waals surface area contributed by atoms with Crippen molar-refractivity contribution in [1.82, 2.24) is 9.55 Å². The van der Waals surface area contributed by atoms with Gasteiger partial charge >= 0.3 is 0 Å². The van der Waals surface area contributed by atoms with Gasteiger partial charge in [0, 0.05) is 33.5 Å². The molecule has 0 bridgehead atoms. The first kappa shape index (κ1) is 34.7. The molecule has 2 nitrogen and oxygen atoms in total. The van der Waals surface area contributed by atoms with E-state index in [1.165, 1.54) is 110 Å². The van der Waals surface area contributed by atoms with E-state index in [1.54, 1.807) is 0 Å². The largest absolute Gasteiger partial charge is 0.309 e. The van der Waals surface area contributed by atoms with Crippen LogP contribution in [0.3, 0.4) is 0 Å². The van der Waals surface area contributed by atoms with E-state index in [-0.39, 0.29) is 5.41 Å². The summed E-state index contributed by atoms with van der Waals surface area (Å²) in [6.45, 7) is 4.73. The van der Waals surface area contributed by atoms with Gasteiger partial charge in [-0.2, -0.15) is 0 Å². The first-order valence-electron chi connectivity index (χ1n) is 21.3. The molecule has 0 saturated heterocycles. The SMILES string of the molecule is CCC1(CC)c2cc(-c3ccc4cccnc4c3)ccc2-c2ccc(-n3c4ccc(-c5cccc6ccccc56)cc4c4cc(-c5cccc6ccccc56)ccc43)cc21. The molecule has 2 aromatic heterocycles. The molecule has 0 fully saturated rings. The third kappa shape index (κ3) is 5.10. The van der Waals surface area contributed by atoms with Crippen molar-refractivity contribution in [3.8, 4) is 50.2 Å². The van der Waals surface area contributed by atoms with E-state index in [4.69, 9.17) is 0 Å². The van der Waals surface area contributed by atoms with Gasteiger partial charge in [-0.1, -0.05) is 147 Å². The fraction of sp³-hybridized carbons (Fsp3) is 0.0862. The monoisotopic (exact) mass is 766 g/mol. The molecular formula is C58H42N2. The lowest BCUT2D eigenvalue weighted by molar-refractivity contribution is 0.490. The maximum atomic E-state index is 4.67. The normalized spacial score (nSPS) is 13.1. The molecule has 0 aliphatic heterocycles. The van der Waals surface area contributed by atoms with E-state index >= 15 is 0 Å². The standard InChI is InChI=1S/C58H42N2/c1-3-58(4-2)53-34-40(41-22-21-39-16-11-31-59-55(39)35-41)23-27-49(53)50-28-26-44(36-54(50)58)60-56-29-24-42(47-19-9-14-37-12-5-7-17-45(37)47)32-51(56)52-33-43(25-30-57(52)60)48-20-10-15-38-13-6-8-18-46(38)48/h5-36H,3-4H2,1-2H3. The summed E-state index contributed by atoms with van der Waals surface area (Å²) in [5, 5.41) is 8.74. The summed E-state index contributed by atoms with van der Waals surface area (Å²) in [4.78, 5) is 4.67. The lowest BCUT2D eigenvalue weighted by atomic mass is 9.73. The van der Waals surface area contributed by atoms with Gasteiger partial charge in [0.15, 0.2) is 0 Å². The van der Waals surface area contributed by atoms with E-state index in [0.717, 1.165) is 18.4 Å². The quantitative estimate of drug-likeness (QED) is 0.165. The topological polar surface area (TPSA) is 17.8 Å². The van der Waals surface area contributed by atoms with Crippen molar-refractivity contribution in [1.29, 1.82) is 0 Å². The molecule has 0 radical (unpaired) electrons. The fourth-order valence-corrected chi connectivity index (χ4v) is 10.7. The number of fused-ring (bicyclic) bond motifs is 9. The van der Waals surface area contributed by atoms with Gasteiger partial charge in [-0.05, 0) is 145 Å². The summed E-state index contributed by atoms with van der Waals surface area (Å²) in [5.74, 6) is 0. The average molecular weight is 767 g/mol. The zero-order valence-corrected chi connectivity index (χ0v) is 33.8. The second-order valence-electron chi connectivity index (χ2n) is 16.5. The Kier molecular flexibility index (Phi) is 7.74. The van der Waals surface area contributed by atoms with Crippen LogP contribution in [0.15, 0.2) is 194 Å². The summed E-state index contributed by atoms with van der Waals surface area (Å²) in [7, 11) is 0. The first-order chi connectivity index (χ1) is 29.6. The van der Waals surface area contributed by atoms with Gasteiger partial charge in [0.1, 0.15) is 0 Å². The smallest absolute Gasteiger partial charge is 0.0708 e. The van der Waals surface area contributed by atoms with Crippen LogP contribution in [0.25, 0.3) is 104 Å². The Morgan fingerprint density at radius 1 is 0.400 bits per heavy atom. The number of pyridine rings is 1. The maximum absolute atomic E-state index is 4.67. The van der Waals surface area contributed by atoms with Gasteiger partial charge in [0.25, 0.3) is 0 Å². The first-order valence-corrected chi connectivity index (χ1v) is 21.3. The molecule has 1 aliphatic rings. The molecule has 0 atom stereocenters. The highest BCUT2D eigenvalue weighted by Crippen LogP contribution is 2.54. The molecule has 0 unspecified atom stereocenters. The Bertz CT molecular complexity index is 3380. The van der Waals surface area contributed by atoms with Crippen LogP contribution < -0.4 is 0 Å². The maximum Gasteiger partial charge on any atom is 0.0708 e. The highest BCUT2D eigenvalue weighted by atomic mass is 15.0. The predicted molar refractivity (Wildman–Crippen MR) is 254 cm³/mol. The highest BCUT2D eigenvalue weighted by molar-refractivity contribution is 6.13. The summed E-state index contributed by atoms with van der Waals surface area (Å²) in [6, 6.07) is 70.2. The Balaban J connectivity index is 1.06. The summed E-state index contributed by atoms with van der Waals surface area (Å²) < 4.78 is 2.51. The lowest BCUT2D eigenvalue weighted by Crippen LogP contribution is -2.23. The third-order valence-corrected chi connectivity index (χ3v) is 13.7. The minimum Gasteiger partial charge on any atom is -0.309 e. The molecular weight excluding hydrogens is 725 g/mol. The van der Waals surface area contributed by atoms with Crippen LogP contribution in [-0.4, -0.2) is 9.55 Å². The molecule has 11 aromatic rings. The van der Waals surface area contributed by atoms with Gasteiger partial charge in [0.2, 0.25) is 0 Å². The average Bonchev–Trinajstić information content (AvgIpc) is 3.79. The Hall–Kier alpha value is -7.29. The second-order valence-corrected chi connectivity index (χ2v) is 16.5. The molecule has 2 heterocycles. The molecule has 1 aliphatic carbocycles. The van der Waals surface area contributed by atoms with Crippen LogP contribution in [0.4, 0.5) is 0 Å². The van der Waals surface area contributed by atoms with Crippen LogP contribution in [0.2, 0.25) is 0 Å². The minimum absolute atomic E-state index is 0.104. The van der Waals surface area contributed by atoms with Crippen molar-refractivity contribution in [3.05, 3.63) is 205 Å². The summed E-state index contributed by atoms with van der Waals surface area (Å²) in [6.07, 6.45) is 3.92. The van der Waals surface area contributed by atoms with Crippen molar-refractivity contribution in [2.24, 2.45) is 0 Å². The summed E-state index contributed by atoms with van der Waals surface area (Å²) in [5.41, 5.74) is 17.5. The number of nitrogens with zero attached hydrogens (tertiary/aromatic N) is 2. The molecule has 12 rings (SSSR count). The van der Waals surface area contributed by atoms with Crippen molar-refractivity contribution in [2.75, 3.05) is 0 Å². The highest BCUT2D eigenvalue weighted by Gasteiger charge is 2.41. The molecule has 0 amide bonds. The lowest BCUT2D eigenvalue weighted by Gasteiger charge is -2.30. The third-order valence-electron chi connectivity index (χ3n) is 13.7. The van der Waals surface area contributed by atoms with Crippen molar-refractivity contribution >= 4 is 54.3 Å². The van der Waals surface area contributed by atoms with Crippen molar-refractivity contribution < 1.29 is 0 Å². The van der Waals surface area contributed by atoms with Crippen LogP contribution in [0.5, 0.6) is 0 Å². The molecule has 60 heavy (non-hydrogen) atoms. The van der Waals surface area contributed by atoms with E-state index in [2.05, 4.69) is 205 Å². The molecule has 9 aromatic carbocycles. The van der Waals surface area contributed by atoms with Crippen molar-refractivity contribution in [3.63, 3.8) is 0 Å². The van der Waals surface area contributed by atoms with Gasteiger partial charge < -0.3 is 4.57 Å². The second kappa shape index (κ2) is 13.4. The number of hydrogen-bond acceptors (Lipinski definition) is 1. The molecule has 284 valence electrons. The Morgan fingerprint density at radius 3 is 1.58 bits per heavy atom. The van der Waals surface area contributed by atoms with Gasteiger partial charge in [-0.25, -0.2) is 0 Å². The predicted octanol–water partition coefficient (Wildman–Crippen LogP) is 15.7. The van der Waals surface area contributed by atoms with Crippen LogP contribution in [0.1, 0.15) is 37.8 Å². The van der Waals surface area contributed by atoms with E-state index in [0.29, 0.717) is 0 Å². The van der Waals surface area contributed by atoms with E-state index in [1.807, 2.05) is 12.3 Å². The Labute approximate surface area is 350 Å². The van der Waals surface area contributed by atoms with Gasteiger partial charge in [-0.3, -0.25) is 4.98 Å². The summed E-state index contributed by atoms with van der Waals surface area (Å²) >= 11 is 0. The minimum atomic E-state index is -0.104. The van der Waals surface area contributed by atoms with Crippen LogP contribution in [-0.2, 0) is 5.41 Å². The Morgan fingerprint density at radius 2 is 0.933 bits per heavy atom. The van der Waals surface area contributed by atoms with Gasteiger partial charge in [0.05, 0.1) is 16.6 Å². The van der Waals surface area contributed by atoms with Gasteiger partial charge in [-0.15, -0.1) is 0 Å². The molecule has 0 N–H and O–H groups in total. The van der Waals surface area contributed by atoms with Crippen LogP contribution in [0, 0.1) is 0 Å². The number of rotatable bonds is 6. The number of hydrogen-bond donors (Lipinski definition) is 0. The molecule has 0 spiro atoms. The number of aromatic nitrogens is 2. The molecule has 2 heteroatoms. The zero-order chi connectivity index (χ0) is 40.0. The van der Waals surface area contributed by atoms with E-state index < -0.39 is 0 Å². The zero-order valence-electron chi connectivity index (χ0n) is 33.8. The van der Waals surface area contributed by atoms with E-state index in [9.17, 15) is 0 Å². The molecule has 0 saturated carbocycles. The fourth-order valence-electron chi connectivity index (χ4n) is 10.7. The van der Waals surface area contributed by atoms with Crippen LogP contribution >= 0.6 is 0 Å².